The quantitative estimate of drug-likeness (QED) is 0.207. The Balaban J connectivity index is 0.000000324. The maximum atomic E-state index is 13.1. The van der Waals surface area contributed by atoms with Crippen LogP contribution in [-0.2, 0) is 10.1 Å². The molecule has 9 heteroatoms. The molecule has 1 N–H and O–H groups in total. The molecule has 0 aliphatic heterocycles. The van der Waals surface area contributed by atoms with Crippen molar-refractivity contribution in [1.82, 2.24) is 4.57 Å². The lowest BCUT2D eigenvalue weighted by atomic mass is 10.0. The molecule has 43 heavy (non-hydrogen) atoms. The topological polar surface area (TPSA) is 104 Å². The lowest BCUT2D eigenvalue weighted by Gasteiger charge is -2.22. The van der Waals surface area contributed by atoms with Crippen LogP contribution in [0.4, 0.5) is 0 Å². The van der Waals surface area contributed by atoms with E-state index in [0.29, 0.717) is 17.1 Å². The monoisotopic (exact) mass is 599 g/mol. The van der Waals surface area contributed by atoms with Gasteiger partial charge in [-0.15, -0.1) is 0 Å². The molecule has 0 unspecified atom stereocenters. The second-order valence-corrected chi connectivity index (χ2v) is 11.1. The Bertz CT molecular complexity index is 1840. The second kappa shape index (κ2) is 13.4. The summed E-state index contributed by atoms with van der Waals surface area (Å²) < 4.78 is 48.0. The molecule has 5 rings (SSSR count). The fraction of sp³-hybridized carbons (Fsp3) is 0.147. The van der Waals surface area contributed by atoms with Crippen LogP contribution in [0, 0.1) is 13.8 Å². The van der Waals surface area contributed by atoms with Crippen LogP contribution in [0.5, 0.6) is 17.2 Å². The number of rotatable bonds is 7. The summed E-state index contributed by atoms with van der Waals surface area (Å²) in [6.45, 7) is 3.69. The number of hydrogen-bond acceptors (Lipinski definition) is 6. The maximum absolute atomic E-state index is 13.1. The van der Waals surface area contributed by atoms with Gasteiger partial charge in [0.15, 0.2) is 5.43 Å². The Hall–Kier alpha value is -4.86. The summed E-state index contributed by atoms with van der Waals surface area (Å²) >= 11 is 0. The molecule has 0 saturated carbocycles. The Morgan fingerprint density at radius 3 is 1.72 bits per heavy atom. The zero-order valence-corrected chi connectivity index (χ0v) is 25.4. The van der Waals surface area contributed by atoms with Crippen LogP contribution in [0.25, 0.3) is 28.2 Å². The van der Waals surface area contributed by atoms with Gasteiger partial charge in [0.25, 0.3) is 10.1 Å². The van der Waals surface area contributed by atoms with E-state index in [9.17, 15) is 13.2 Å². The first-order chi connectivity index (χ1) is 20.5. The molecule has 0 fully saturated rings. The van der Waals surface area contributed by atoms with Crippen molar-refractivity contribution in [3.05, 3.63) is 124 Å². The van der Waals surface area contributed by atoms with Gasteiger partial charge in [0, 0.05) is 29.8 Å². The third-order valence-electron chi connectivity index (χ3n) is 6.80. The summed E-state index contributed by atoms with van der Waals surface area (Å²) in [4.78, 5) is 13.0. The van der Waals surface area contributed by atoms with E-state index < -0.39 is 10.1 Å². The normalized spacial score (nSPS) is 10.8. The molecule has 0 atom stereocenters. The molecular formula is C34H33NO7S. The molecule has 0 aliphatic carbocycles. The molecule has 0 saturated heterocycles. The van der Waals surface area contributed by atoms with Crippen molar-refractivity contribution < 1.29 is 27.2 Å². The highest BCUT2D eigenvalue weighted by atomic mass is 32.2. The third kappa shape index (κ3) is 7.32. The summed E-state index contributed by atoms with van der Waals surface area (Å²) in [6.07, 6.45) is 0. The lowest BCUT2D eigenvalue weighted by molar-refractivity contribution is 0.394. The minimum absolute atomic E-state index is 0.0271. The minimum Gasteiger partial charge on any atom is -0.497 e. The van der Waals surface area contributed by atoms with Gasteiger partial charge in [0.05, 0.1) is 43.3 Å². The molecule has 0 bridgehead atoms. The van der Waals surface area contributed by atoms with E-state index in [1.54, 1.807) is 39.5 Å². The van der Waals surface area contributed by atoms with Crippen LogP contribution < -0.4 is 19.6 Å². The highest BCUT2D eigenvalue weighted by Crippen LogP contribution is 2.35. The summed E-state index contributed by atoms with van der Waals surface area (Å²) in [5.74, 6) is 2.08. The second-order valence-electron chi connectivity index (χ2n) is 9.66. The van der Waals surface area contributed by atoms with E-state index in [4.69, 9.17) is 18.8 Å². The van der Waals surface area contributed by atoms with Crippen molar-refractivity contribution >= 4 is 10.1 Å². The van der Waals surface area contributed by atoms with Crippen LogP contribution in [0.15, 0.2) is 113 Å². The lowest BCUT2D eigenvalue weighted by Crippen LogP contribution is -2.15. The van der Waals surface area contributed by atoms with E-state index in [1.807, 2.05) is 86.6 Å². The number of ether oxygens (including phenoxy) is 3. The number of nitrogens with zero attached hydrogens (tertiary/aromatic N) is 1. The fourth-order valence-electron chi connectivity index (χ4n) is 4.52. The largest absolute Gasteiger partial charge is 0.497 e. The first kappa shape index (κ1) is 31.1. The number of hydrogen-bond donors (Lipinski definition) is 1. The fourth-order valence-corrected chi connectivity index (χ4v) is 5.00. The highest BCUT2D eigenvalue weighted by molar-refractivity contribution is 7.85. The zero-order chi connectivity index (χ0) is 31.1. The van der Waals surface area contributed by atoms with Gasteiger partial charge in [-0.3, -0.25) is 9.35 Å². The van der Waals surface area contributed by atoms with Crippen molar-refractivity contribution in [2.45, 2.75) is 18.7 Å². The SMILES string of the molecule is COc1ccc(-c2c(C)c(=O)cc(-c3ccccc3)n2-c2cc(OC)cc(OC)c2)cc1.Cc1ccc(S(=O)(=O)O)cc1. The average Bonchev–Trinajstić information content (AvgIpc) is 3.02. The number of benzene rings is 4. The first-order valence-electron chi connectivity index (χ1n) is 13.3. The number of aromatic nitrogens is 1. The van der Waals surface area contributed by atoms with Crippen molar-refractivity contribution in [2.75, 3.05) is 21.3 Å². The predicted octanol–water partition coefficient (Wildman–Crippen LogP) is 6.75. The molecule has 1 aromatic heterocycles. The predicted molar refractivity (Wildman–Crippen MR) is 168 cm³/mol. The van der Waals surface area contributed by atoms with E-state index in [0.717, 1.165) is 39.5 Å². The summed E-state index contributed by atoms with van der Waals surface area (Å²) in [5, 5.41) is 0. The van der Waals surface area contributed by atoms with Crippen molar-refractivity contribution in [2.24, 2.45) is 0 Å². The van der Waals surface area contributed by atoms with Gasteiger partial charge in [0.1, 0.15) is 17.2 Å². The van der Waals surface area contributed by atoms with E-state index in [2.05, 4.69) is 4.57 Å². The zero-order valence-electron chi connectivity index (χ0n) is 24.6. The van der Waals surface area contributed by atoms with Crippen LogP contribution in [0.1, 0.15) is 11.1 Å². The van der Waals surface area contributed by atoms with Crippen LogP contribution >= 0.6 is 0 Å². The Labute approximate surface area is 251 Å². The van der Waals surface area contributed by atoms with Gasteiger partial charge < -0.3 is 18.8 Å². The van der Waals surface area contributed by atoms with Crippen LogP contribution in [0.2, 0.25) is 0 Å². The Morgan fingerprint density at radius 1 is 0.651 bits per heavy atom. The molecule has 4 aromatic carbocycles. The minimum atomic E-state index is -4.02. The van der Waals surface area contributed by atoms with Gasteiger partial charge in [-0.25, -0.2) is 0 Å². The molecular weight excluding hydrogens is 566 g/mol. The molecule has 0 aliphatic rings. The van der Waals surface area contributed by atoms with Crippen LogP contribution in [-0.4, -0.2) is 38.9 Å². The standard InChI is InChI=1S/C27H25NO4.C7H8O3S/c1-18-26(29)17-25(19-8-6-5-7-9-19)28(21-14-23(31-3)16-24(15-21)32-4)27(18)20-10-12-22(30-2)13-11-20;1-6-2-4-7(5-3-6)11(8,9)10/h5-17H,1-4H3;2-5H,1H3,(H,8,9,10). The molecule has 222 valence electrons. The average molecular weight is 600 g/mol. The van der Waals surface area contributed by atoms with E-state index >= 15 is 0 Å². The summed E-state index contributed by atoms with van der Waals surface area (Å²) in [6, 6.07) is 31.0. The number of aryl methyl sites for hydroxylation is 1. The summed E-state index contributed by atoms with van der Waals surface area (Å²) in [5.41, 5.74) is 5.82. The highest BCUT2D eigenvalue weighted by Gasteiger charge is 2.19. The maximum Gasteiger partial charge on any atom is 0.294 e. The van der Waals surface area contributed by atoms with Crippen molar-refractivity contribution in [3.8, 4) is 45.5 Å². The van der Waals surface area contributed by atoms with Crippen molar-refractivity contribution in [3.63, 3.8) is 0 Å². The summed E-state index contributed by atoms with van der Waals surface area (Å²) in [7, 11) is 0.860. The third-order valence-corrected chi connectivity index (χ3v) is 7.67. The van der Waals surface area contributed by atoms with Gasteiger partial charge in [-0.1, -0.05) is 48.0 Å². The van der Waals surface area contributed by atoms with E-state index in [1.165, 1.54) is 12.1 Å². The van der Waals surface area contributed by atoms with Crippen molar-refractivity contribution in [1.29, 1.82) is 0 Å². The number of methoxy groups -OCH3 is 3. The Morgan fingerprint density at radius 2 is 1.21 bits per heavy atom. The molecule has 0 radical (unpaired) electrons. The smallest absolute Gasteiger partial charge is 0.294 e. The molecule has 8 nitrogen and oxygen atoms in total. The van der Waals surface area contributed by atoms with Gasteiger partial charge in [0.2, 0.25) is 0 Å². The Kier molecular flexibility index (Phi) is 9.70. The first-order valence-corrected chi connectivity index (χ1v) is 14.7. The van der Waals surface area contributed by atoms with Gasteiger partial charge in [-0.2, -0.15) is 8.42 Å². The van der Waals surface area contributed by atoms with Crippen LogP contribution in [0.3, 0.4) is 0 Å². The molecule has 0 spiro atoms. The molecule has 0 amide bonds. The van der Waals surface area contributed by atoms with E-state index in [-0.39, 0.29) is 10.3 Å². The van der Waals surface area contributed by atoms with Gasteiger partial charge in [-0.05, 0) is 61.4 Å². The molecule has 5 aromatic rings. The van der Waals surface area contributed by atoms with Gasteiger partial charge >= 0.3 is 0 Å². The number of pyridine rings is 1. The molecule has 1 heterocycles.